The second kappa shape index (κ2) is 9.30. The van der Waals surface area contributed by atoms with Crippen LogP contribution >= 0.6 is 0 Å². The van der Waals surface area contributed by atoms with E-state index in [1.165, 1.54) is 5.56 Å². The van der Waals surface area contributed by atoms with Gasteiger partial charge in [-0.15, -0.1) is 0 Å². The van der Waals surface area contributed by atoms with Gasteiger partial charge in [-0.1, -0.05) is 30.3 Å². The van der Waals surface area contributed by atoms with Gasteiger partial charge < -0.3 is 15.3 Å². The van der Waals surface area contributed by atoms with Gasteiger partial charge >= 0.3 is 0 Å². The minimum absolute atomic E-state index is 0.0382. The molecule has 2 amide bonds. The molecule has 1 saturated heterocycles. The number of hydrogen-bond donors (Lipinski definition) is 2. The molecule has 1 heterocycles. The zero-order valence-corrected chi connectivity index (χ0v) is 13.5. The SMILES string of the molecule is O=C(CCCc1ccccc1)N[C@H]1CCCCN(CCO)C1=O. The molecule has 2 N–H and O–H groups in total. The molecule has 0 bridgehead atoms. The molecule has 1 aliphatic heterocycles. The quantitative estimate of drug-likeness (QED) is 0.800. The van der Waals surface area contributed by atoms with Crippen molar-refractivity contribution in [2.45, 2.75) is 44.6 Å². The number of amides is 2. The fourth-order valence-corrected chi connectivity index (χ4v) is 2.95. The second-order valence-electron chi connectivity index (χ2n) is 6.00. The third-order valence-electron chi connectivity index (χ3n) is 4.20. The Labute approximate surface area is 137 Å². The molecule has 1 aliphatic rings. The number of aliphatic hydroxyl groups excluding tert-OH is 1. The number of benzene rings is 1. The Hall–Kier alpha value is -1.88. The summed E-state index contributed by atoms with van der Waals surface area (Å²) < 4.78 is 0. The zero-order chi connectivity index (χ0) is 16.5. The van der Waals surface area contributed by atoms with Crippen molar-refractivity contribution in [3.05, 3.63) is 35.9 Å². The topological polar surface area (TPSA) is 69.6 Å². The average molecular weight is 318 g/mol. The van der Waals surface area contributed by atoms with Crippen molar-refractivity contribution < 1.29 is 14.7 Å². The number of carbonyl (C=O) groups excluding carboxylic acids is 2. The monoisotopic (exact) mass is 318 g/mol. The Kier molecular flexibility index (Phi) is 7.07. The summed E-state index contributed by atoms with van der Waals surface area (Å²) >= 11 is 0. The Balaban J connectivity index is 1.77. The van der Waals surface area contributed by atoms with E-state index in [-0.39, 0.29) is 18.4 Å². The number of aryl methyl sites for hydroxylation is 1. The van der Waals surface area contributed by atoms with E-state index in [2.05, 4.69) is 17.4 Å². The average Bonchev–Trinajstić information content (AvgIpc) is 2.72. The van der Waals surface area contributed by atoms with E-state index in [4.69, 9.17) is 5.11 Å². The van der Waals surface area contributed by atoms with E-state index in [9.17, 15) is 9.59 Å². The molecule has 0 spiro atoms. The molecule has 1 aromatic carbocycles. The van der Waals surface area contributed by atoms with Gasteiger partial charge in [-0.2, -0.15) is 0 Å². The first-order chi connectivity index (χ1) is 11.2. The third-order valence-corrected chi connectivity index (χ3v) is 4.20. The maximum Gasteiger partial charge on any atom is 0.245 e. The number of likely N-dealkylation sites (tertiary alicyclic amines) is 1. The van der Waals surface area contributed by atoms with Crippen molar-refractivity contribution in [2.75, 3.05) is 19.7 Å². The van der Waals surface area contributed by atoms with Crippen LogP contribution in [0.15, 0.2) is 30.3 Å². The number of nitrogens with zero attached hydrogens (tertiary/aromatic N) is 1. The number of hydrogen-bond acceptors (Lipinski definition) is 3. The van der Waals surface area contributed by atoms with Crippen LogP contribution < -0.4 is 5.32 Å². The minimum Gasteiger partial charge on any atom is -0.395 e. The van der Waals surface area contributed by atoms with Gasteiger partial charge in [0.2, 0.25) is 11.8 Å². The Morgan fingerprint density at radius 3 is 2.78 bits per heavy atom. The summed E-state index contributed by atoms with van der Waals surface area (Å²) in [7, 11) is 0. The maximum atomic E-state index is 12.4. The number of rotatable bonds is 7. The first-order valence-electron chi connectivity index (χ1n) is 8.43. The summed E-state index contributed by atoms with van der Waals surface area (Å²) in [5.41, 5.74) is 1.22. The number of nitrogens with one attached hydrogen (secondary N) is 1. The van der Waals surface area contributed by atoms with Crippen molar-refractivity contribution in [1.82, 2.24) is 10.2 Å². The van der Waals surface area contributed by atoms with Crippen LogP contribution in [0.5, 0.6) is 0 Å². The highest BCUT2D eigenvalue weighted by atomic mass is 16.3. The molecule has 5 nitrogen and oxygen atoms in total. The summed E-state index contributed by atoms with van der Waals surface area (Å²) in [5.74, 6) is -0.127. The molecule has 23 heavy (non-hydrogen) atoms. The van der Waals surface area contributed by atoms with Crippen LogP contribution in [0, 0.1) is 0 Å². The van der Waals surface area contributed by atoms with Crippen molar-refractivity contribution >= 4 is 11.8 Å². The fourth-order valence-electron chi connectivity index (χ4n) is 2.95. The smallest absolute Gasteiger partial charge is 0.245 e. The third kappa shape index (κ3) is 5.67. The van der Waals surface area contributed by atoms with Crippen LogP contribution in [0.3, 0.4) is 0 Å². The second-order valence-corrected chi connectivity index (χ2v) is 6.00. The van der Waals surface area contributed by atoms with Crippen LogP contribution in [-0.4, -0.2) is 47.6 Å². The lowest BCUT2D eigenvalue weighted by atomic mass is 10.1. The maximum absolute atomic E-state index is 12.4. The van der Waals surface area contributed by atoms with E-state index < -0.39 is 6.04 Å². The van der Waals surface area contributed by atoms with E-state index in [1.807, 2.05) is 18.2 Å². The van der Waals surface area contributed by atoms with Crippen LogP contribution in [0.4, 0.5) is 0 Å². The van der Waals surface area contributed by atoms with Gasteiger partial charge in [0.1, 0.15) is 6.04 Å². The highest BCUT2D eigenvalue weighted by Gasteiger charge is 2.27. The van der Waals surface area contributed by atoms with E-state index >= 15 is 0 Å². The molecule has 5 heteroatoms. The summed E-state index contributed by atoms with van der Waals surface area (Å²) in [4.78, 5) is 26.1. The fraction of sp³-hybridized carbons (Fsp3) is 0.556. The van der Waals surface area contributed by atoms with Gasteiger partial charge in [-0.05, 0) is 37.7 Å². The highest BCUT2D eigenvalue weighted by molar-refractivity contribution is 5.87. The van der Waals surface area contributed by atoms with Gasteiger partial charge in [0.05, 0.1) is 6.61 Å². The first-order valence-corrected chi connectivity index (χ1v) is 8.43. The molecular formula is C18H26N2O3. The van der Waals surface area contributed by atoms with Crippen molar-refractivity contribution in [2.24, 2.45) is 0 Å². The standard InChI is InChI=1S/C18H26N2O3/c21-14-13-20-12-5-4-10-16(18(20)23)19-17(22)11-6-9-15-7-2-1-3-8-15/h1-3,7-8,16,21H,4-6,9-14H2,(H,19,22)/t16-/m0/s1. The van der Waals surface area contributed by atoms with Crippen molar-refractivity contribution in [3.63, 3.8) is 0 Å². The highest BCUT2D eigenvalue weighted by Crippen LogP contribution is 2.12. The molecule has 2 rings (SSSR count). The van der Waals surface area contributed by atoms with Gasteiger partial charge in [-0.3, -0.25) is 9.59 Å². The lowest BCUT2D eigenvalue weighted by Gasteiger charge is -2.24. The largest absolute Gasteiger partial charge is 0.395 e. The Morgan fingerprint density at radius 2 is 2.04 bits per heavy atom. The van der Waals surface area contributed by atoms with Crippen LogP contribution in [0.1, 0.15) is 37.7 Å². The first kappa shape index (κ1) is 17.5. The Morgan fingerprint density at radius 1 is 1.26 bits per heavy atom. The molecule has 0 aliphatic carbocycles. The molecule has 0 radical (unpaired) electrons. The molecule has 1 atom stereocenters. The molecule has 126 valence electrons. The lowest BCUT2D eigenvalue weighted by Crippen LogP contribution is -2.48. The predicted octanol–water partition coefficient (Wildman–Crippen LogP) is 1.50. The summed E-state index contributed by atoms with van der Waals surface area (Å²) in [6.07, 6.45) is 4.60. The Bertz CT molecular complexity index is 504. The number of β-amino-alcohol motifs (C(OH)–C–C–N with tert-alkyl or cyclic N) is 1. The lowest BCUT2D eigenvalue weighted by molar-refractivity contribution is -0.136. The van der Waals surface area contributed by atoms with Gasteiger partial charge in [-0.25, -0.2) is 0 Å². The van der Waals surface area contributed by atoms with E-state index in [0.29, 0.717) is 25.9 Å². The van der Waals surface area contributed by atoms with E-state index in [0.717, 1.165) is 25.7 Å². The molecule has 1 aromatic rings. The van der Waals surface area contributed by atoms with Gasteiger partial charge in [0.15, 0.2) is 0 Å². The summed E-state index contributed by atoms with van der Waals surface area (Å²) in [6, 6.07) is 9.64. The normalized spacial score (nSPS) is 18.6. The van der Waals surface area contributed by atoms with E-state index in [1.54, 1.807) is 4.90 Å². The predicted molar refractivity (Wildman–Crippen MR) is 88.8 cm³/mol. The van der Waals surface area contributed by atoms with Crippen LogP contribution in [0.25, 0.3) is 0 Å². The molecule has 0 saturated carbocycles. The molecular weight excluding hydrogens is 292 g/mol. The van der Waals surface area contributed by atoms with Crippen LogP contribution in [-0.2, 0) is 16.0 Å². The van der Waals surface area contributed by atoms with Crippen LogP contribution in [0.2, 0.25) is 0 Å². The van der Waals surface area contributed by atoms with Crippen molar-refractivity contribution in [1.29, 1.82) is 0 Å². The number of carbonyl (C=O) groups is 2. The molecule has 0 unspecified atom stereocenters. The molecule has 1 fully saturated rings. The summed E-state index contributed by atoms with van der Waals surface area (Å²) in [6.45, 7) is 0.975. The van der Waals surface area contributed by atoms with Gasteiger partial charge in [0, 0.05) is 19.5 Å². The van der Waals surface area contributed by atoms with Gasteiger partial charge in [0.25, 0.3) is 0 Å². The molecule has 0 aromatic heterocycles. The minimum atomic E-state index is -0.437. The zero-order valence-electron chi connectivity index (χ0n) is 13.5. The number of aliphatic hydroxyl groups is 1. The van der Waals surface area contributed by atoms with Crippen molar-refractivity contribution in [3.8, 4) is 0 Å². The summed E-state index contributed by atoms with van der Waals surface area (Å²) in [5, 5.41) is 11.9.